The summed E-state index contributed by atoms with van der Waals surface area (Å²) in [4.78, 5) is 19.0. The summed E-state index contributed by atoms with van der Waals surface area (Å²) in [5.41, 5.74) is 0.773. The quantitative estimate of drug-likeness (QED) is 0.567. The first-order chi connectivity index (χ1) is 15.3. The van der Waals surface area contributed by atoms with Crippen LogP contribution in [0.25, 0.3) is 0 Å². The molecular weight excluding hydrogens is 447 g/mol. The summed E-state index contributed by atoms with van der Waals surface area (Å²) >= 11 is 6.35. The zero-order valence-electron chi connectivity index (χ0n) is 16.5. The maximum absolute atomic E-state index is 12.9. The van der Waals surface area contributed by atoms with Crippen molar-refractivity contribution in [2.75, 3.05) is 23.4 Å². The number of hydrogen-bond donors (Lipinski definition) is 2. The van der Waals surface area contributed by atoms with Crippen LogP contribution >= 0.6 is 11.6 Å². The second-order valence-electron chi connectivity index (χ2n) is 6.99. The summed E-state index contributed by atoms with van der Waals surface area (Å²) in [5, 5.41) is 12.2. The lowest BCUT2D eigenvalue weighted by Gasteiger charge is -2.32. The number of alkyl halides is 3. The molecule has 1 aliphatic rings. The van der Waals surface area contributed by atoms with Gasteiger partial charge in [-0.2, -0.15) is 13.2 Å². The number of anilines is 3. The van der Waals surface area contributed by atoms with E-state index in [0.717, 1.165) is 12.1 Å². The average molecular weight is 464 g/mol. The Bertz CT molecular complexity index is 1150. The molecular formula is C22H17ClF3N3O3. The fraction of sp³-hybridized carbons (Fsp3) is 0.182. The molecule has 0 saturated carbocycles. The maximum atomic E-state index is 12.9. The van der Waals surface area contributed by atoms with Crippen molar-refractivity contribution in [1.29, 1.82) is 0 Å². The Balaban J connectivity index is 1.62. The van der Waals surface area contributed by atoms with Crippen LogP contribution in [0.3, 0.4) is 0 Å². The topological polar surface area (TPSA) is 74.7 Å². The standard InChI is InChI=1S/C22H17ClF3N3O3/c23-17-10-13(12-30)11-27-20(17)29-8-9-32-19-16(2-1-3-18(19)29)21(31)28-15-6-4-14(5-7-15)22(24,25)26/h1-7,10-11,30H,8-9,12H2,(H,28,31). The number of rotatable bonds is 4. The molecule has 0 aliphatic carbocycles. The first-order valence-electron chi connectivity index (χ1n) is 9.55. The zero-order chi connectivity index (χ0) is 22.9. The lowest BCUT2D eigenvalue weighted by molar-refractivity contribution is -0.137. The van der Waals surface area contributed by atoms with Crippen molar-refractivity contribution < 1.29 is 27.8 Å². The van der Waals surface area contributed by atoms with E-state index in [1.807, 2.05) is 0 Å². The van der Waals surface area contributed by atoms with Gasteiger partial charge < -0.3 is 20.1 Å². The molecule has 2 aromatic carbocycles. The molecule has 1 aromatic heterocycles. The number of ether oxygens (including phenoxy) is 1. The van der Waals surface area contributed by atoms with E-state index in [0.29, 0.717) is 34.4 Å². The maximum Gasteiger partial charge on any atom is 0.416 e. The number of para-hydroxylation sites is 1. The van der Waals surface area contributed by atoms with E-state index in [1.54, 1.807) is 29.2 Å². The number of nitrogens with zero attached hydrogens (tertiary/aromatic N) is 2. The van der Waals surface area contributed by atoms with E-state index in [4.69, 9.17) is 16.3 Å². The summed E-state index contributed by atoms with van der Waals surface area (Å²) < 4.78 is 44.0. The van der Waals surface area contributed by atoms with Crippen LogP contribution < -0.4 is 15.0 Å². The van der Waals surface area contributed by atoms with Gasteiger partial charge in [-0.3, -0.25) is 4.79 Å². The van der Waals surface area contributed by atoms with Crippen molar-refractivity contribution in [3.05, 3.63) is 76.4 Å². The minimum atomic E-state index is -4.46. The van der Waals surface area contributed by atoms with Crippen molar-refractivity contribution in [1.82, 2.24) is 4.98 Å². The molecule has 166 valence electrons. The molecule has 2 heterocycles. The summed E-state index contributed by atoms with van der Waals surface area (Å²) in [6.45, 7) is 0.500. The molecule has 4 rings (SSSR count). The second-order valence-corrected chi connectivity index (χ2v) is 7.40. The molecule has 0 radical (unpaired) electrons. The molecule has 1 aliphatic heterocycles. The first kappa shape index (κ1) is 21.9. The number of carbonyl (C=O) groups is 1. The number of fused-ring (bicyclic) bond motifs is 1. The highest BCUT2D eigenvalue weighted by atomic mass is 35.5. The van der Waals surface area contributed by atoms with Crippen LogP contribution in [0.1, 0.15) is 21.5 Å². The van der Waals surface area contributed by atoms with Gasteiger partial charge in [0.1, 0.15) is 6.61 Å². The minimum absolute atomic E-state index is 0.193. The van der Waals surface area contributed by atoms with E-state index < -0.39 is 17.6 Å². The molecule has 2 N–H and O–H groups in total. The Morgan fingerprint density at radius 2 is 1.97 bits per heavy atom. The van der Waals surface area contributed by atoms with E-state index >= 15 is 0 Å². The summed E-state index contributed by atoms with van der Waals surface area (Å²) in [6.07, 6.45) is -2.94. The van der Waals surface area contributed by atoms with Crippen LogP contribution in [0.4, 0.5) is 30.4 Å². The molecule has 10 heteroatoms. The van der Waals surface area contributed by atoms with Gasteiger partial charge in [0.15, 0.2) is 11.6 Å². The number of halogens is 4. The lowest BCUT2D eigenvalue weighted by Crippen LogP contribution is -2.31. The predicted octanol–water partition coefficient (Wildman–Crippen LogP) is 5.03. The highest BCUT2D eigenvalue weighted by Crippen LogP contribution is 2.41. The van der Waals surface area contributed by atoms with Crippen LogP contribution in [0.2, 0.25) is 5.02 Å². The Morgan fingerprint density at radius 1 is 1.22 bits per heavy atom. The van der Waals surface area contributed by atoms with E-state index in [2.05, 4.69) is 10.3 Å². The van der Waals surface area contributed by atoms with E-state index in [1.165, 1.54) is 18.3 Å². The number of benzene rings is 2. The monoisotopic (exact) mass is 463 g/mol. The fourth-order valence-corrected chi connectivity index (χ4v) is 3.63. The Labute approximate surface area is 186 Å². The third-order valence-corrected chi connectivity index (χ3v) is 5.16. The SMILES string of the molecule is O=C(Nc1ccc(C(F)(F)F)cc1)c1cccc2c1OCCN2c1ncc(CO)cc1Cl. The molecule has 6 nitrogen and oxygen atoms in total. The summed E-state index contributed by atoms with van der Waals surface area (Å²) in [5.74, 6) is 0.235. The van der Waals surface area contributed by atoms with Crippen LogP contribution in [0, 0.1) is 0 Å². The van der Waals surface area contributed by atoms with Gasteiger partial charge in [-0.05, 0) is 48.0 Å². The number of hydrogen-bond acceptors (Lipinski definition) is 5. The summed E-state index contributed by atoms with van der Waals surface area (Å²) in [6, 6.07) is 10.8. The molecule has 0 saturated heterocycles. The number of carbonyl (C=O) groups excluding carboxylic acids is 1. The van der Waals surface area contributed by atoms with Gasteiger partial charge >= 0.3 is 6.18 Å². The normalized spacial score (nSPS) is 13.3. The Hall–Kier alpha value is -3.30. The molecule has 1 amide bonds. The van der Waals surface area contributed by atoms with Gasteiger partial charge in [-0.25, -0.2) is 4.98 Å². The highest BCUT2D eigenvalue weighted by molar-refractivity contribution is 6.33. The smallest absolute Gasteiger partial charge is 0.416 e. The number of aromatic nitrogens is 1. The third-order valence-electron chi connectivity index (χ3n) is 4.88. The molecule has 3 aromatic rings. The summed E-state index contributed by atoms with van der Waals surface area (Å²) in [7, 11) is 0. The van der Waals surface area contributed by atoms with Gasteiger partial charge in [-0.15, -0.1) is 0 Å². The van der Waals surface area contributed by atoms with Crippen LogP contribution in [-0.4, -0.2) is 29.1 Å². The van der Waals surface area contributed by atoms with Crippen LogP contribution in [-0.2, 0) is 12.8 Å². The van der Waals surface area contributed by atoms with Crippen molar-refractivity contribution in [3.63, 3.8) is 0 Å². The molecule has 0 spiro atoms. The van der Waals surface area contributed by atoms with Crippen LogP contribution in [0.15, 0.2) is 54.7 Å². The van der Waals surface area contributed by atoms with Crippen molar-refractivity contribution in [2.24, 2.45) is 0 Å². The number of aliphatic hydroxyl groups excluding tert-OH is 1. The second kappa shape index (κ2) is 8.68. The minimum Gasteiger partial charge on any atom is -0.489 e. The van der Waals surface area contributed by atoms with Crippen molar-refractivity contribution in [3.8, 4) is 5.75 Å². The number of pyridine rings is 1. The van der Waals surface area contributed by atoms with Crippen molar-refractivity contribution >= 4 is 34.7 Å². The lowest BCUT2D eigenvalue weighted by atomic mass is 10.1. The Morgan fingerprint density at radius 3 is 2.62 bits per heavy atom. The molecule has 0 bridgehead atoms. The van der Waals surface area contributed by atoms with Crippen molar-refractivity contribution in [2.45, 2.75) is 12.8 Å². The van der Waals surface area contributed by atoms with E-state index in [-0.39, 0.29) is 24.5 Å². The average Bonchev–Trinajstić information content (AvgIpc) is 2.78. The molecule has 0 atom stereocenters. The number of aliphatic hydroxyl groups is 1. The van der Waals surface area contributed by atoms with Gasteiger partial charge in [0.2, 0.25) is 0 Å². The first-order valence-corrected chi connectivity index (χ1v) is 9.93. The van der Waals surface area contributed by atoms with Crippen LogP contribution in [0.5, 0.6) is 5.75 Å². The number of nitrogens with one attached hydrogen (secondary N) is 1. The fourth-order valence-electron chi connectivity index (χ4n) is 3.34. The van der Waals surface area contributed by atoms with Gasteiger partial charge in [0.05, 0.1) is 35.0 Å². The highest BCUT2D eigenvalue weighted by Gasteiger charge is 2.30. The Kier molecular flexibility index (Phi) is 5.94. The predicted molar refractivity (Wildman–Crippen MR) is 114 cm³/mol. The van der Waals surface area contributed by atoms with Gasteiger partial charge in [-0.1, -0.05) is 17.7 Å². The molecule has 0 fully saturated rings. The van der Waals surface area contributed by atoms with Gasteiger partial charge in [0, 0.05) is 11.9 Å². The van der Waals surface area contributed by atoms with Gasteiger partial charge in [0.25, 0.3) is 5.91 Å². The third kappa shape index (κ3) is 4.35. The zero-order valence-corrected chi connectivity index (χ0v) is 17.2. The largest absolute Gasteiger partial charge is 0.489 e. The van der Waals surface area contributed by atoms with E-state index in [9.17, 15) is 23.1 Å². The molecule has 0 unspecified atom stereocenters. The number of amides is 1. The molecule has 32 heavy (non-hydrogen) atoms.